The highest BCUT2D eigenvalue weighted by Gasteiger charge is 2.43. The van der Waals surface area contributed by atoms with Crippen LogP contribution in [0.5, 0.6) is 0 Å². The van der Waals surface area contributed by atoms with E-state index in [1.165, 1.54) is 23.3 Å². The van der Waals surface area contributed by atoms with Crippen molar-refractivity contribution in [2.45, 2.75) is 29.0 Å². The minimum absolute atomic E-state index is 0. The van der Waals surface area contributed by atoms with E-state index in [1.54, 1.807) is 0 Å². The average molecular weight is 553 g/mol. The second-order valence-corrected chi connectivity index (χ2v) is 9.70. The van der Waals surface area contributed by atoms with Gasteiger partial charge < -0.3 is 20.4 Å². The zero-order valence-electron chi connectivity index (χ0n) is 18.4. The molecular formula is C23H33IN6S. The number of anilines is 1. The number of hydrogen-bond acceptors (Lipinski definition) is 5. The van der Waals surface area contributed by atoms with Gasteiger partial charge in [-0.1, -0.05) is 24.3 Å². The van der Waals surface area contributed by atoms with Gasteiger partial charge in [0.2, 0.25) is 0 Å². The van der Waals surface area contributed by atoms with Crippen LogP contribution in [0.25, 0.3) is 0 Å². The highest BCUT2D eigenvalue weighted by Crippen LogP contribution is 2.51. The van der Waals surface area contributed by atoms with E-state index in [1.807, 2.05) is 31.1 Å². The summed E-state index contributed by atoms with van der Waals surface area (Å²) in [7, 11) is 4.01. The number of piperazine rings is 1. The fourth-order valence-corrected chi connectivity index (χ4v) is 4.95. The van der Waals surface area contributed by atoms with E-state index in [2.05, 4.69) is 73.9 Å². The Morgan fingerprint density at radius 3 is 2.48 bits per heavy atom. The van der Waals surface area contributed by atoms with E-state index < -0.39 is 0 Å². The van der Waals surface area contributed by atoms with Crippen LogP contribution in [0.15, 0.2) is 58.5 Å². The van der Waals surface area contributed by atoms with Gasteiger partial charge in [0.1, 0.15) is 5.82 Å². The molecule has 2 fully saturated rings. The molecule has 0 unspecified atom stereocenters. The number of rotatable bonds is 7. The second-order valence-electron chi connectivity index (χ2n) is 8.15. The molecule has 2 aromatic rings. The predicted molar refractivity (Wildman–Crippen MR) is 142 cm³/mol. The smallest absolute Gasteiger partial charge is 0.191 e. The molecule has 0 amide bonds. The summed E-state index contributed by atoms with van der Waals surface area (Å²) in [5.74, 6) is 1.94. The van der Waals surface area contributed by atoms with Crippen molar-refractivity contribution in [2.24, 2.45) is 4.99 Å². The van der Waals surface area contributed by atoms with Crippen molar-refractivity contribution in [3.8, 4) is 0 Å². The predicted octanol–water partition coefficient (Wildman–Crippen LogP) is 3.44. The lowest BCUT2D eigenvalue weighted by molar-refractivity contribution is 0.312. The standard InChI is InChI=1S/C23H32N6S.HI/c1-24-22(27-18-23(10-11-23)30-20-8-4-3-5-9-20)26-17-19-7-6-12-25-21(19)29-15-13-28(2)14-16-29;/h3-9,12H,10-11,13-18H2,1-2H3,(H2,24,26,27);1H. The van der Waals surface area contributed by atoms with E-state index in [9.17, 15) is 0 Å². The Labute approximate surface area is 207 Å². The van der Waals surface area contributed by atoms with Crippen LogP contribution < -0.4 is 15.5 Å². The normalized spacial score (nSPS) is 18.3. The number of nitrogens with one attached hydrogen (secondary N) is 2. The van der Waals surface area contributed by atoms with E-state index >= 15 is 0 Å². The Morgan fingerprint density at radius 1 is 1.06 bits per heavy atom. The molecule has 1 saturated carbocycles. The van der Waals surface area contributed by atoms with Crippen molar-refractivity contribution in [1.82, 2.24) is 20.5 Å². The molecule has 2 N–H and O–H groups in total. The SMILES string of the molecule is CN=C(NCc1cccnc1N1CCN(C)CC1)NCC1(Sc2ccccc2)CC1.I. The Bertz CT molecular complexity index is 850. The molecule has 2 heterocycles. The van der Waals surface area contributed by atoms with E-state index in [4.69, 9.17) is 0 Å². The molecule has 1 aromatic heterocycles. The van der Waals surface area contributed by atoms with Crippen LogP contribution in [0.1, 0.15) is 18.4 Å². The van der Waals surface area contributed by atoms with Gasteiger partial charge in [-0.3, -0.25) is 4.99 Å². The third-order valence-electron chi connectivity index (χ3n) is 5.80. The summed E-state index contributed by atoms with van der Waals surface area (Å²) in [6.45, 7) is 5.83. The van der Waals surface area contributed by atoms with Crippen molar-refractivity contribution in [3.05, 3.63) is 54.2 Å². The summed E-state index contributed by atoms with van der Waals surface area (Å²) < 4.78 is 0.290. The minimum atomic E-state index is 0. The van der Waals surface area contributed by atoms with Gasteiger partial charge in [0.05, 0.1) is 0 Å². The molecule has 1 aliphatic carbocycles. The maximum atomic E-state index is 4.68. The number of guanidine groups is 1. The van der Waals surface area contributed by atoms with E-state index in [0.717, 1.165) is 44.5 Å². The van der Waals surface area contributed by atoms with E-state index in [-0.39, 0.29) is 28.7 Å². The van der Waals surface area contributed by atoms with Crippen LogP contribution in [0.2, 0.25) is 0 Å². The largest absolute Gasteiger partial charge is 0.355 e. The van der Waals surface area contributed by atoms with Crippen LogP contribution in [0.3, 0.4) is 0 Å². The summed E-state index contributed by atoms with van der Waals surface area (Å²) >= 11 is 1.98. The molecule has 0 spiro atoms. The Hall–Kier alpha value is -1.52. The average Bonchev–Trinajstić information content (AvgIpc) is 3.55. The van der Waals surface area contributed by atoms with Crippen LogP contribution >= 0.6 is 35.7 Å². The lowest BCUT2D eigenvalue weighted by Gasteiger charge is -2.34. The fraction of sp³-hybridized carbons (Fsp3) is 0.478. The Morgan fingerprint density at radius 2 is 1.81 bits per heavy atom. The van der Waals surface area contributed by atoms with Crippen molar-refractivity contribution < 1.29 is 0 Å². The first-order chi connectivity index (χ1) is 14.7. The van der Waals surface area contributed by atoms with Gasteiger partial charge >= 0.3 is 0 Å². The second kappa shape index (κ2) is 11.4. The van der Waals surface area contributed by atoms with Gasteiger partial charge in [-0.25, -0.2) is 4.98 Å². The Kier molecular flexibility index (Phi) is 8.85. The molecule has 8 heteroatoms. The highest BCUT2D eigenvalue weighted by atomic mass is 127. The molecule has 0 atom stereocenters. The maximum Gasteiger partial charge on any atom is 0.191 e. The van der Waals surface area contributed by atoms with Gasteiger partial charge in [0, 0.05) is 67.7 Å². The van der Waals surface area contributed by atoms with Gasteiger partial charge in [0.25, 0.3) is 0 Å². The minimum Gasteiger partial charge on any atom is -0.355 e. The number of aliphatic imine (C=N–C) groups is 1. The maximum absolute atomic E-state index is 4.68. The molecule has 1 aromatic carbocycles. The zero-order chi connectivity index (χ0) is 20.8. The number of hydrogen-bond donors (Lipinski definition) is 2. The van der Waals surface area contributed by atoms with Crippen molar-refractivity contribution in [2.75, 3.05) is 51.7 Å². The molecule has 0 radical (unpaired) electrons. The number of thioether (sulfide) groups is 1. The molecule has 1 aliphatic heterocycles. The topological polar surface area (TPSA) is 55.8 Å². The first-order valence-corrected chi connectivity index (χ1v) is 11.6. The molecule has 1 saturated heterocycles. The molecule has 31 heavy (non-hydrogen) atoms. The van der Waals surface area contributed by atoms with Crippen LogP contribution in [0.4, 0.5) is 5.82 Å². The number of benzene rings is 1. The summed E-state index contributed by atoms with van der Waals surface area (Å²) in [6.07, 6.45) is 4.38. The third-order valence-corrected chi connectivity index (χ3v) is 7.30. The molecule has 6 nitrogen and oxygen atoms in total. The molecule has 2 aliphatic rings. The van der Waals surface area contributed by atoms with Gasteiger partial charge in [-0.15, -0.1) is 35.7 Å². The quantitative estimate of drug-likeness (QED) is 0.312. The van der Waals surface area contributed by atoms with Crippen molar-refractivity contribution in [3.63, 3.8) is 0 Å². The number of pyridine rings is 1. The summed E-state index contributed by atoms with van der Waals surface area (Å²) in [4.78, 5) is 15.2. The van der Waals surface area contributed by atoms with Crippen LogP contribution in [-0.4, -0.2) is 67.4 Å². The molecule has 4 rings (SSSR count). The van der Waals surface area contributed by atoms with Gasteiger partial charge in [-0.2, -0.15) is 0 Å². The highest BCUT2D eigenvalue weighted by molar-refractivity contribution is 14.0. The van der Waals surface area contributed by atoms with Crippen molar-refractivity contribution >= 4 is 47.5 Å². The zero-order valence-corrected chi connectivity index (χ0v) is 21.5. The van der Waals surface area contributed by atoms with Crippen LogP contribution in [-0.2, 0) is 6.54 Å². The van der Waals surface area contributed by atoms with Gasteiger partial charge in [0.15, 0.2) is 5.96 Å². The third kappa shape index (κ3) is 6.73. The number of nitrogens with zero attached hydrogens (tertiary/aromatic N) is 4. The summed E-state index contributed by atoms with van der Waals surface area (Å²) in [5.41, 5.74) is 1.21. The van der Waals surface area contributed by atoms with Crippen molar-refractivity contribution in [1.29, 1.82) is 0 Å². The lowest BCUT2D eigenvalue weighted by Crippen LogP contribution is -2.45. The molecule has 0 bridgehead atoms. The number of halogens is 1. The first-order valence-electron chi connectivity index (χ1n) is 10.7. The van der Waals surface area contributed by atoms with E-state index in [0.29, 0.717) is 6.54 Å². The monoisotopic (exact) mass is 552 g/mol. The van der Waals surface area contributed by atoms with Gasteiger partial charge in [-0.05, 0) is 38.1 Å². The lowest BCUT2D eigenvalue weighted by atomic mass is 10.2. The Balaban J connectivity index is 0.00000272. The van der Waals surface area contributed by atoms with Crippen LogP contribution in [0, 0.1) is 0 Å². The number of aromatic nitrogens is 1. The summed E-state index contributed by atoms with van der Waals surface area (Å²) in [6, 6.07) is 14.9. The summed E-state index contributed by atoms with van der Waals surface area (Å²) in [5, 5.41) is 7.04. The molecular weight excluding hydrogens is 519 g/mol. The fourth-order valence-electron chi connectivity index (χ4n) is 3.71. The number of likely N-dealkylation sites (N-methyl/N-ethyl adjacent to an activating group) is 1. The first kappa shape index (κ1) is 24.1. The molecule has 168 valence electrons.